The maximum Gasteiger partial charge on any atom is 0.339 e. The third-order valence-corrected chi connectivity index (χ3v) is 4.37. The number of nitrogens with zero attached hydrogens (tertiary/aromatic N) is 2. The number of rotatable bonds is 5. The van der Waals surface area contributed by atoms with Gasteiger partial charge in [0.05, 0.1) is 0 Å². The van der Waals surface area contributed by atoms with Crippen LogP contribution < -0.4 is 11.1 Å². The Morgan fingerprint density at radius 3 is 2.81 bits per heavy atom. The van der Waals surface area contributed by atoms with Gasteiger partial charge in [0.1, 0.15) is 0 Å². The minimum absolute atomic E-state index is 0.536. The van der Waals surface area contributed by atoms with Crippen LogP contribution in [0.1, 0.15) is 13.3 Å². The highest BCUT2D eigenvalue weighted by molar-refractivity contribution is 9.09. The third kappa shape index (κ3) is 3.48. The first-order valence-electron chi connectivity index (χ1n) is 4.94. The van der Waals surface area contributed by atoms with E-state index in [0.29, 0.717) is 11.1 Å². The van der Waals surface area contributed by atoms with E-state index in [9.17, 15) is 9.59 Å². The number of hydrogen-bond acceptors (Lipinski definition) is 4. The van der Waals surface area contributed by atoms with E-state index < -0.39 is 11.1 Å². The fraction of sp³-hybridized carbons (Fsp3) is 0.667. The van der Waals surface area contributed by atoms with Crippen LogP contribution in [0.3, 0.4) is 0 Å². The quantitative estimate of drug-likeness (QED) is 0.500. The molecule has 1 aromatic rings. The van der Waals surface area contributed by atoms with E-state index in [1.165, 1.54) is 16.4 Å². The van der Waals surface area contributed by atoms with Crippen molar-refractivity contribution in [2.75, 3.05) is 11.1 Å². The number of aromatic nitrogens is 3. The zero-order valence-corrected chi connectivity index (χ0v) is 11.6. The number of aryl methyl sites for hydroxylation is 1. The first kappa shape index (κ1) is 13.5. The molecule has 1 unspecified atom stereocenters. The van der Waals surface area contributed by atoms with Crippen molar-refractivity contribution in [3.8, 4) is 0 Å². The van der Waals surface area contributed by atoms with Crippen LogP contribution in [0.25, 0.3) is 0 Å². The van der Waals surface area contributed by atoms with Crippen LogP contribution in [-0.2, 0) is 7.05 Å². The molecule has 1 atom stereocenters. The molecular formula is C9H14BrN3O2S. The standard InChI is InChI=1S/C9H14BrN3O2S/c1-3-6(4-10)5-16-9-11-7(14)8(15)12-13(9)2/h6H,3-5H2,1-2H3,(H,12,15). The maximum absolute atomic E-state index is 11.1. The van der Waals surface area contributed by atoms with Crippen molar-refractivity contribution >= 4 is 27.7 Å². The molecule has 90 valence electrons. The van der Waals surface area contributed by atoms with Crippen molar-refractivity contribution in [1.29, 1.82) is 0 Å². The Balaban J connectivity index is 2.78. The molecule has 0 aliphatic heterocycles. The molecule has 1 rings (SSSR count). The Hall–Kier alpha value is -0.560. The predicted molar refractivity (Wildman–Crippen MR) is 68.4 cm³/mol. The number of halogens is 1. The van der Waals surface area contributed by atoms with Gasteiger partial charge in [0.15, 0.2) is 5.16 Å². The lowest BCUT2D eigenvalue weighted by Crippen LogP contribution is -2.34. The van der Waals surface area contributed by atoms with E-state index in [4.69, 9.17) is 0 Å². The van der Waals surface area contributed by atoms with Crippen molar-refractivity contribution in [1.82, 2.24) is 14.8 Å². The van der Waals surface area contributed by atoms with Crippen LogP contribution in [-0.4, -0.2) is 25.8 Å². The van der Waals surface area contributed by atoms with E-state index in [1.54, 1.807) is 7.05 Å². The van der Waals surface area contributed by atoms with Crippen LogP contribution in [0, 0.1) is 5.92 Å². The van der Waals surface area contributed by atoms with Crippen molar-refractivity contribution in [3.63, 3.8) is 0 Å². The summed E-state index contributed by atoms with van der Waals surface area (Å²) in [7, 11) is 1.67. The molecule has 0 aliphatic rings. The highest BCUT2D eigenvalue weighted by atomic mass is 79.9. The van der Waals surface area contributed by atoms with Crippen LogP contribution in [0.4, 0.5) is 0 Å². The van der Waals surface area contributed by atoms with Crippen molar-refractivity contribution in [3.05, 3.63) is 20.7 Å². The van der Waals surface area contributed by atoms with Crippen LogP contribution in [0.5, 0.6) is 0 Å². The van der Waals surface area contributed by atoms with Gasteiger partial charge in [0, 0.05) is 18.1 Å². The minimum atomic E-state index is -0.729. The van der Waals surface area contributed by atoms with Gasteiger partial charge in [0.2, 0.25) is 0 Å². The van der Waals surface area contributed by atoms with Crippen molar-refractivity contribution < 1.29 is 0 Å². The zero-order chi connectivity index (χ0) is 12.1. The fourth-order valence-corrected chi connectivity index (χ4v) is 3.17. The van der Waals surface area contributed by atoms with Gasteiger partial charge in [-0.3, -0.25) is 19.4 Å². The molecule has 5 nitrogen and oxygen atoms in total. The minimum Gasteiger partial charge on any atom is -0.265 e. The van der Waals surface area contributed by atoms with Gasteiger partial charge in [-0.2, -0.15) is 4.98 Å². The summed E-state index contributed by atoms with van der Waals surface area (Å²) in [4.78, 5) is 25.8. The summed E-state index contributed by atoms with van der Waals surface area (Å²) >= 11 is 4.91. The highest BCUT2D eigenvalue weighted by Gasteiger charge is 2.09. The number of thioether (sulfide) groups is 1. The van der Waals surface area contributed by atoms with E-state index >= 15 is 0 Å². The number of H-pyrrole nitrogens is 1. The number of hydrogen-bond donors (Lipinski definition) is 1. The Morgan fingerprint density at radius 1 is 1.56 bits per heavy atom. The molecule has 7 heteroatoms. The normalized spacial score (nSPS) is 12.7. The summed E-state index contributed by atoms with van der Waals surface area (Å²) in [5, 5.41) is 3.89. The SMILES string of the molecule is CCC(CBr)CSc1nc(=O)c(=O)[nH]n1C. The van der Waals surface area contributed by atoms with Crippen LogP contribution in [0.2, 0.25) is 0 Å². The van der Waals surface area contributed by atoms with Gasteiger partial charge in [-0.1, -0.05) is 41.0 Å². The smallest absolute Gasteiger partial charge is 0.265 e. The number of nitrogens with one attached hydrogen (secondary N) is 1. The summed E-state index contributed by atoms with van der Waals surface area (Å²) in [6.45, 7) is 2.12. The molecule has 1 N–H and O–H groups in total. The van der Waals surface area contributed by atoms with Crippen molar-refractivity contribution in [2.24, 2.45) is 13.0 Å². The van der Waals surface area contributed by atoms with Gasteiger partial charge >= 0.3 is 11.1 Å². The largest absolute Gasteiger partial charge is 0.339 e. The first-order valence-corrected chi connectivity index (χ1v) is 7.05. The van der Waals surface area contributed by atoms with Crippen LogP contribution in [0.15, 0.2) is 14.7 Å². The lowest BCUT2D eigenvalue weighted by Gasteiger charge is -2.11. The Labute approximate surface area is 106 Å². The zero-order valence-electron chi connectivity index (χ0n) is 9.20. The molecule has 0 radical (unpaired) electrons. The Bertz CT molecular complexity index is 453. The van der Waals surface area contributed by atoms with E-state index in [-0.39, 0.29) is 0 Å². The average molecular weight is 308 g/mol. The number of alkyl halides is 1. The molecule has 0 aromatic carbocycles. The summed E-state index contributed by atoms with van der Waals surface area (Å²) in [5.74, 6) is 1.41. The molecule has 0 bridgehead atoms. The summed E-state index contributed by atoms with van der Waals surface area (Å²) in [6.07, 6.45) is 1.07. The number of aromatic amines is 1. The molecular weight excluding hydrogens is 294 g/mol. The monoisotopic (exact) mass is 307 g/mol. The van der Waals surface area contributed by atoms with Gasteiger partial charge in [-0.25, -0.2) is 0 Å². The lowest BCUT2D eigenvalue weighted by atomic mass is 10.2. The van der Waals surface area contributed by atoms with E-state index in [2.05, 4.69) is 32.9 Å². The molecule has 0 saturated carbocycles. The van der Waals surface area contributed by atoms with Crippen molar-refractivity contribution in [2.45, 2.75) is 18.5 Å². The molecule has 1 heterocycles. The first-order chi connectivity index (χ1) is 7.58. The maximum atomic E-state index is 11.1. The highest BCUT2D eigenvalue weighted by Crippen LogP contribution is 2.19. The second-order valence-electron chi connectivity index (χ2n) is 3.44. The van der Waals surface area contributed by atoms with Gasteiger partial charge < -0.3 is 0 Å². The summed E-state index contributed by atoms with van der Waals surface area (Å²) < 4.78 is 1.48. The summed E-state index contributed by atoms with van der Waals surface area (Å²) in [6, 6.07) is 0. The molecule has 16 heavy (non-hydrogen) atoms. The predicted octanol–water partition coefficient (Wildman–Crippen LogP) is 0.982. The Morgan fingerprint density at radius 2 is 2.25 bits per heavy atom. The van der Waals surface area contributed by atoms with E-state index in [1.807, 2.05) is 0 Å². The second kappa shape index (κ2) is 6.24. The molecule has 1 aromatic heterocycles. The fourth-order valence-electron chi connectivity index (χ4n) is 1.05. The molecule has 0 saturated heterocycles. The van der Waals surface area contributed by atoms with Crippen LogP contribution >= 0.6 is 27.7 Å². The topological polar surface area (TPSA) is 67.8 Å². The molecule has 0 amide bonds. The van der Waals surface area contributed by atoms with Gasteiger partial charge in [0.25, 0.3) is 0 Å². The molecule has 0 spiro atoms. The summed E-state index contributed by atoms with van der Waals surface area (Å²) in [5.41, 5.74) is -1.41. The van der Waals surface area contributed by atoms with Gasteiger partial charge in [-0.05, 0) is 5.92 Å². The Kier molecular flexibility index (Phi) is 5.27. The van der Waals surface area contributed by atoms with Gasteiger partial charge in [-0.15, -0.1) is 0 Å². The average Bonchev–Trinajstić information content (AvgIpc) is 2.26. The molecule has 0 fully saturated rings. The van der Waals surface area contributed by atoms with E-state index in [0.717, 1.165) is 17.5 Å². The second-order valence-corrected chi connectivity index (χ2v) is 5.07. The third-order valence-electron chi connectivity index (χ3n) is 2.19. The molecule has 0 aliphatic carbocycles. The lowest BCUT2D eigenvalue weighted by molar-refractivity contribution is 0.592.